The van der Waals surface area contributed by atoms with Gasteiger partial charge >= 0.3 is 5.97 Å². The zero-order valence-electron chi connectivity index (χ0n) is 17.3. The van der Waals surface area contributed by atoms with Crippen molar-refractivity contribution in [1.82, 2.24) is 20.1 Å². The van der Waals surface area contributed by atoms with Gasteiger partial charge in [0.1, 0.15) is 0 Å². The number of carboxylic acids is 1. The van der Waals surface area contributed by atoms with Crippen LogP contribution in [0.25, 0.3) is 0 Å². The number of benzene rings is 2. The number of allylic oxidation sites excluding steroid dienone is 1. The molecular formula is C22H20ClN5O4S. The van der Waals surface area contributed by atoms with Crippen LogP contribution in [0.2, 0.25) is 5.02 Å². The van der Waals surface area contributed by atoms with Gasteiger partial charge in [0.25, 0.3) is 5.91 Å². The van der Waals surface area contributed by atoms with Crippen molar-refractivity contribution >= 4 is 46.8 Å². The molecular weight excluding hydrogens is 466 g/mol. The average Bonchev–Trinajstić information content (AvgIpc) is 3.18. The first-order valence-corrected chi connectivity index (χ1v) is 11.1. The molecule has 0 saturated heterocycles. The molecule has 0 bridgehead atoms. The van der Waals surface area contributed by atoms with Crippen molar-refractivity contribution in [1.29, 1.82) is 0 Å². The van der Waals surface area contributed by atoms with Crippen molar-refractivity contribution in [2.45, 2.75) is 18.2 Å². The molecule has 0 unspecified atom stereocenters. The number of carboxylic acid groups (broad SMARTS) is 1. The second-order valence-corrected chi connectivity index (χ2v) is 8.09. The topological polar surface area (TPSA) is 126 Å². The van der Waals surface area contributed by atoms with Crippen molar-refractivity contribution in [2.24, 2.45) is 0 Å². The maximum absolute atomic E-state index is 12.3. The number of halogens is 1. The molecule has 1 aromatic heterocycles. The smallest absolute Gasteiger partial charge is 0.335 e. The van der Waals surface area contributed by atoms with E-state index in [1.807, 2.05) is 0 Å². The number of nitrogens with zero attached hydrogens (tertiary/aromatic N) is 3. The van der Waals surface area contributed by atoms with Crippen LogP contribution in [-0.4, -0.2) is 43.4 Å². The summed E-state index contributed by atoms with van der Waals surface area (Å²) in [5.41, 5.74) is 0.933. The van der Waals surface area contributed by atoms with E-state index in [1.165, 1.54) is 12.1 Å². The molecule has 3 rings (SSSR count). The Hall–Kier alpha value is -3.63. The third-order valence-electron chi connectivity index (χ3n) is 4.34. The highest BCUT2D eigenvalue weighted by molar-refractivity contribution is 7.99. The first kappa shape index (κ1) is 24.0. The number of aromatic carboxylic acids is 1. The first-order valence-electron chi connectivity index (χ1n) is 9.70. The first-order chi connectivity index (χ1) is 15.9. The molecule has 33 heavy (non-hydrogen) atoms. The van der Waals surface area contributed by atoms with E-state index in [4.69, 9.17) is 16.7 Å². The van der Waals surface area contributed by atoms with Crippen LogP contribution in [0, 0.1) is 0 Å². The third-order valence-corrected chi connectivity index (χ3v) is 5.56. The van der Waals surface area contributed by atoms with E-state index >= 15 is 0 Å². The molecule has 0 radical (unpaired) electrons. The summed E-state index contributed by atoms with van der Waals surface area (Å²) in [6.45, 7) is 4.26. The van der Waals surface area contributed by atoms with Crippen molar-refractivity contribution in [2.75, 3.05) is 11.1 Å². The number of carbonyl (C=O) groups excluding carboxylic acids is 2. The van der Waals surface area contributed by atoms with Crippen LogP contribution in [0.4, 0.5) is 5.69 Å². The number of aromatic nitrogens is 3. The molecule has 0 aliphatic heterocycles. The lowest BCUT2D eigenvalue weighted by atomic mass is 10.2. The average molecular weight is 486 g/mol. The summed E-state index contributed by atoms with van der Waals surface area (Å²) >= 11 is 7.01. The highest BCUT2D eigenvalue weighted by Crippen LogP contribution is 2.19. The molecule has 170 valence electrons. The minimum Gasteiger partial charge on any atom is -0.478 e. The number of nitrogens with one attached hydrogen (secondary N) is 2. The molecule has 0 fully saturated rings. The fraction of sp³-hybridized carbons (Fsp3) is 0.136. The van der Waals surface area contributed by atoms with Gasteiger partial charge in [-0.15, -0.1) is 16.8 Å². The zero-order valence-corrected chi connectivity index (χ0v) is 18.9. The fourth-order valence-corrected chi connectivity index (χ4v) is 3.68. The molecule has 9 nitrogen and oxygen atoms in total. The van der Waals surface area contributed by atoms with Gasteiger partial charge in [0, 0.05) is 22.8 Å². The van der Waals surface area contributed by atoms with Gasteiger partial charge in [-0.05, 0) is 42.5 Å². The number of amides is 2. The number of carbonyl (C=O) groups is 3. The van der Waals surface area contributed by atoms with E-state index < -0.39 is 5.97 Å². The van der Waals surface area contributed by atoms with Gasteiger partial charge in [-0.25, -0.2) is 4.79 Å². The Bertz CT molecular complexity index is 1180. The molecule has 0 aliphatic carbocycles. The zero-order chi connectivity index (χ0) is 23.8. The molecule has 3 aromatic rings. The molecule has 3 N–H and O–H groups in total. The Morgan fingerprint density at radius 3 is 2.58 bits per heavy atom. The lowest BCUT2D eigenvalue weighted by Gasteiger charge is -2.09. The third kappa shape index (κ3) is 6.67. The molecule has 2 aromatic carbocycles. The quantitative estimate of drug-likeness (QED) is 0.296. The van der Waals surface area contributed by atoms with Gasteiger partial charge < -0.3 is 20.3 Å². The van der Waals surface area contributed by atoms with Crippen LogP contribution >= 0.6 is 23.4 Å². The summed E-state index contributed by atoms with van der Waals surface area (Å²) in [6.07, 6.45) is 1.66. The van der Waals surface area contributed by atoms with E-state index in [0.717, 1.165) is 11.8 Å². The van der Waals surface area contributed by atoms with Crippen LogP contribution < -0.4 is 10.6 Å². The standard InChI is InChI=1S/C22H20ClN5O4S/c1-2-10-28-18(12-24-20(30)14-6-8-16(23)9-7-14)26-27-22(28)33-13-19(29)25-17-5-3-4-15(11-17)21(31)32/h2-9,11H,1,10,12-13H2,(H,24,30)(H,25,29)(H,31,32). The van der Waals surface area contributed by atoms with Crippen LogP contribution in [0.5, 0.6) is 0 Å². The molecule has 11 heteroatoms. The van der Waals surface area contributed by atoms with Gasteiger partial charge in [0.2, 0.25) is 5.91 Å². The van der Waals surface area contributed by atoms with Crippen LogP contribution in [0.15, 0.2) is 66.3 Å². The molecule has 0 saturated carbocycles. The summed E-state index contributed by atoms with van der Waals surface area (Å²) in [4.78, 5) is 35.7. The summed E-state index contributed by atoms with van der Waals surface area (Å²) in [7, 11) is 0. The molecule has 1 heterocycles. The Kier molecular flexibility index (Phi) is 8.22. The number of thioether (sulfide) groups is 1. The van der Waals surface area contributed by atoms with E-state index in [9.17, 15) is 14.4 Å². The Balaban J connectivity index is 1.60. The Morgan fingerprint density at radius 1 is 1.12 bits per heavy atom. The van der Waals surface area contributed by atoms with Crippen molar-refractivity contribution in [3.8, 4) is 0 Å². The summed E-state index contributed by atoms with van der Waals surface area (Å²) in [5, 5.41) is 23.8. The van der Waals surface area contributed by atoms with Crippen molar-refractivity contribution in [3.63, 3.8) is 0 Å². The van der Waals surface area contributed by atoms with E-state index in [1.54, 1.807) is 47.0 Å². The van der Waals surface area contributed by atoms with Gasteiger partial charge in [-0.2, -0.15) is 0 Å². The number of hydrogen-bond acceptors (Lipinski definition) is 6. The van der Waals surface area contributed by atoms with E-state index in [-0.39, 0.29) is 29.7 Å². The van der Waals surface area contributed by atoms with Gasteiger partial charge in [0.15, 0.2) is 11.0 Å². The second-order valence-electron chi connectivity index (χ2n) is 6.71. The highest BCUT2D eigenvalue weighted by Gasteiger charge is 2.15. The minimum absolute atomic E-state index is 0.0315. The predicted octanol–water partition coefficient (Wildman–Crippen LogP) is 3.48. The summed E-state index contributed by atoms with van der Waals surface area (Å²) in [6, 6.07) is 12.5. The largest absolute Gasteiger partial charge is 0.478 e. The SMILES string of the molecule is C=CCn1c(CNC(=O)c2ccc(Cl)cc2)nnc1SCC(=O)Nc1cccc(C(=O)O)c1. The van der Waals surface area contributed by atoms with E-state index in [0.29, 0.717) is 33.8 Å². The number of rotatable bonds is 10. The Morgan fingerprint density at radius 2 is 1.88 bits per heavy atom. The molecule has 0 spiro atoms. The maximum atomic E-state index is 12.3. The molecule has 0 aliphatic rings. The van der Waals surface area contributed by atoms with Gasteiger partial charge in [0.05, 0.1) is 17.9 Å². The number of anilines is 1. The lowest BCUT2D eigenvalue weighted by Crippen LogP contribution is -2.24. The normalized spacial score (nSPS) is 10.5. The fourth-order valence-electron chi connectivity index (χ4n) is 2.79. The lowest BCUT2D eigenvalue weighted by molar-refractivity contribution is -0.113. The monoisotopic (exact) mass is 485 g/mol. The van der Waals surface area contributed by atoms with Gasteiger partial charge in [-0.1, -0.05) is 35.5 Å². The van der Waals surface area contributed by atoms with Crippen molar-refractivity contribution < 1.29 is 19.5 Å². The number of hydrogen-bond donors (Lipinski definition) is 3. The minimum atomic E-state index is -1.08. The maximum Gasteiger partial charge on any atom is 0.335 e. The summed E-state index contributed by atoms with van der Waals surface area (Å²) in [5.74, 6) is -1.14. The molecule has 0 atom stereocenters. The van der Waals surface area contributed by atoms with Crippen LogP contribution in [0.1, 0.15) is 26.5 Å². The predicted molar refractivity (Wildman–Crippen MR) is 126 cm³/mol. The van der Waals surface area contributed by atoms with Gasteiger partial charge in [-0.3, -0.25) is 9.59 Å². The van der Waals surface area contributed by atoms with Crippen LogP contribution in [-0.2, 0) is 17.9 Å². The van der Waals surface area contributed by atoms with E-state index in [2.05, 4.69) is 27.4 Å². The van der Waals surface area contributed by atoms with Crippen molar-refractivity contribution in [3.05, 3.63) is 83.2 Å². The Labute approximate surface area is 198 Å². The van der Waals surface area contributed by atoms with Crippen LogP contribution in [0.3, 0.4) is 0 Å². The second kappa shape index (κ2) is 11.3. The summed E-state index contributed by atoms with van der Waals surface area (Å²) < 4.78 is 1.75. The molecule has 2 amide bonds. The highest BCUT2D eigenvalue weighted by atomic mass is 35.5.